The van der Waals surface area contributed by atoms with Gasteiger partial charge in [-0.25, -0.2) is 0 Å². The van der Waals surface area contributed by atoms with Gasteiger partial charge >= 0.3 is 0 Å². The zero-order valence-corrected chi connectivity index (χ0v) is 14.7. The molecule has 3 rings (SSSR count). The molecule has 0 atom stereocenters. The smallest absolute Gasteiger partial charge is 0.293 e. The molecule has 2 saturated heterocycles. The molecule has 0 spiro atoms. The Balaban J connectivity index is 1.71. The number of anilines is 1. The molecule has 2 fully saturated rings. The molecule has 2 N–H and O–H groups in total. The molecule has 7 heteroatoms. The molecular formula is C18H26N4O3. The van der Waals surface area contributed by atoms with E-state index in [9.17, 15) is 14.9 Å². The summed E-state index contributed by atoms with van der Waals surface area (Å²) in [6, 6.07) is 4.82. The van der Waals surface area contributed by atoms with Gasteiger partial charge in [-0.05, 0) is 56.3 Å². The standard InChI is InChI=1S/C18H26N4O3/c1-18(6-8-19-9-7-18)13-20-17(23)14-4-5-15(16(12-14)22(24)25)21-10-2-3-11-21/h4-5,12,19H,2-3,6-11,13H2,1H3,(H,20,23). The monoisotopic (exact) mass is 346 g/mol. The van der Waals surface area contributed by atoms with Gasteiger partial charge in [0.1, 0.15) is 5.69 Å². The van der Waals surface area contributed by atoms with E-state index in [2.05, 4.69) is 17.6 Å². The van der Waals surface area contributed by atoms with Gasteiger partial charge in [0.05, 0.1) is 4.92 Å². The summed E-state index contributed by atoms with van der Waals surface area (Å²) < 4.78 is 0. The Labute approximate surface area is 147 Å². The van der Waals surface area contributed by atoms with Gasteiger partial charge in [-0.15, -0.1) is 0 Å². The van der Waals surface area contributed by atoms with Gasteiger partial charge in [0.2, 0.25) is 0 Å². The van der Waals surface area contributed by atoms with E-state index in [0.717, 1.165) is 51.9 Å². The minimum Gasteiger partial charge on any atom is -0.366 e. The summed E-state index contributed by atoms with van der Waals surface area (Å²) in [5, 5.41) is 17.7. The molecule has 1 amide bonds. The minimum atomic E-state index is -0.390. The topological polar surface area (TPSA) is 87.5 Å². The number of piperidine rings is 1. The second-order valence-electron chi connectivity index (χ2n) is 7.40. The lowest BCUT2D eigenvalue weighted by Gasteiger charge is -2.34. The van der Waals surface area contributed by atoms with Crippen LogP contribution in [-0.4, -0.2) is 43.6 Å². The van der Waals surface area contributed by atoms with E-state index in [1.165, 1.54) is 6.07 Å². The summed E-state index contributed by atoms with van der Waals surface area (Å²) >= 11 is 0. The van der Waals surface area contributed by atoms with E-state index >= 15 is 0 Å². The Morgan fingerprint density at radius 2 is 2.00 bits per heavy atom. The highest BCUT2D eigenvalue weighted by molar-refractivity contribution is 5.95. The molecule has 1 aromatic carbocycles. The van der Waals surface area contributed by atoms with Crippen LogP contribution < -0.4 is 15.5 Å². The normalized spacial score (nSPS) is 19.6. The lowest BCUT2D eigenvalue weighted by molar-refractivity contribution is -0.384. The summed E-state index contributed by atoms with van der Waals surface area (Å²) in [5.74, 6) is -0.240. The van der Waals surface area contributed by atoms with Crippen molar-refractivity contribution in [2.24, 2.45) is 5.41 Å². The number of benzene rings is 1. The first-order valence-electron chi connectivity index (χ1n) is 9.01. The predicted molar refractivity (Wildman–Crippen MR) is 97.1 cm³/mol. The highest BCUT2D eigenvalue weighted by atomic mass is 16.6. The van der Waals surface area contributed by atoms with Crippen LogP contribution in [0.4, 0.5) is 11.4 Å². The van der Waals surface area contributed by atoms with Crippen molar-refractivity contribution in [3.8, 4) is 0 Å². The largest absolute Gasteiger partial charge is 0.366 e. The van der Waals surface area contributed by atoms with Crippen molar-refractivity contribution in [3.05, 3.63) is 33.9 Å². The van der Waals surface area contributed by atoms with Gasteiger partial charge in [0.25, 0.3) is 11.6 Å². The lowest BCUT2D eigenvalue weighted by atomic mass is 9.81. The maximum atomic E-state index is 12.5. The van der Waals surface area contributed by atoms with Crippen LogP contribution in [0.2, 0.25) is 0 Å². The van der Waals surface area contributed by atoms with Crippen molar-refractivity contribution in [3.63, 3.8) is 0 Å². The van der Waals surface area contributed by atoms with Crippen LogP contribution in [0.25, 0.3) is 0 Å². The van der Waals surface area contributed by atoms with Gasteiger partial charge in [0, 0.05) is 31.3 Å². The fourth-order valence-electron chi connectivity index (χ4n) is 3.64. The van der Waals surface area contributed by atoms with Crippen LogP contribution in [-0.2, 0) is 0 Å². The molecule has 0 bridgehead atoms. The lowest BCUT2D eigenvalue weighted by Crippen LogP contribution is -2.42. The van der Waals surface area contributed by atoms with Gasteiger partial charge in [-0.1, -0.05) is 6.92 Å². The Kier molecular flexibility index (Phi) is 5.22. The molecule has 25 heavy (non-hydrogen) atoms. The number of rotatable bonds is 5. The minimum absolute atomic E-state index is 0.0163. The molecule has 0 unspecified atom stereocenters. The zero-order valence-electron chi connectivity index (χ0n) is 14.7. The Morgan fingerprint density at radius 1 is 1.32 bits per heavy atom. The fraction of sp³-hybridized carbons (Fsp3) is 0.611. The molecule has 0 aliphatic carbocycles. The summed E-state index contributed by atoms with van der Waals surface area (Å²) in [7, 11) is 0. The molecule has 2 aliphatic heterocycles. The number of hydrogen-bond acceptors (Lipinski definition) is 5. The summed E-state index contributed by atoms with van der Waals surface area (Å²) in [6.45, 7) is 6.35. The van der Waals surface area contributed by atoms with E-state index in [-0.39, 0.29) is 17.0 Å². The number of carbonyl (C=O) groups excluding carboxylic acids is 1. The fourth-order valence-corrected chi connectivity index (χ4v) is 3.64. The molecular weight excluding hydrogens is 320 g/mol. The van der Waals surface area contributed by atoms with Crippen LogP contribution >= 0.6 is 0 Å². The average Bonchev–Trinajstić information content (AvgIpc) is 3.14. The second-order valence-corrected chi connectivity index (χ2v) is 7.40. The highest BCUT2D eigenvalue weighted by Crippen LogP contribution is 2.32. The van der Waals surface area contributed by atoms with Gasteiger partial charge in [0.15, 0.2) is 0 Å². The highest BCUT2D eigenvalue weighted by Gasteiger charge is 2.28. The Morgan fingerprint density at radius 3 is 2.64 bits per heavy atom. The third kappa shape index (κ3) is 4.10. The Bertz CT molecular complexity index is 650. The third-order valence-electron chi connectivity index (χ3n) is 5.37. The van der Waals surface area contributed by atoms with E-state index in [1.807, 2.05) is 4.90 Å². The number of nitrogens with zero attached hydrogens (tertiary/aromatic N) is 2. The number of amides is 1. The van der Waals surface area contributed by atoms with Crippen molar-refractivity contribution in [1.29, 1.82) is 0 Å². The van der Waals surface area contributed by atoms with Crippen LogP contribution in [0.1, 0.15) is 43.0 Å². The van der Waals surface area contributed by atoms with Crippen molar-refractivity contribution in [1.82, 2.24) is 10.6 Å². The molecule has 0 aromatic heterocycles. The summed E-state index contributed by atoms with van der Waals surface area (Å²) in [5.41, 5.74) is 1.07. The van der Waals surface area contributed by atoms with Crippen molar-refractivity contribution in [2.45, 2.75) is 32.6 Å². The number of hydrogen-bond donors (Lipinski definition) is 2. The van der Waals surface area contributed by atoms with Crippen LogP contribution in [0.15, 0.2) is 18.2 Å². The quantitative estimate of drug-likeness (QED) is 0.631. The van der Waals surface area contributed by atoms with E-state index in [4.69, 9.17) is 0 Å². The van der Waals surface area contributed by atoms with Gasteiger partial charge < -0.3 is 15.5 Å². The number of nitro groups is 1. The predicted octanol–water partition coefficient (Wildman–Crippen LogP) is 2.31. The SMILES string of the molecule is CC1(CNC(=O)c2ccc(N3CCCC3)c([N+](=O)[O-])c2)CCNCC1. The van der Waals surface area contributed by atoms with Crippen LogP contribution in [0.3, 0.4) is 0 Å². The Hall–Kier alpha value is -2.15. The molecule has 2 heterocycles. The molecule has 1 aromatic rings. The molecule has 7 nitrogen and oxygen atoms in total. The first-order valence-corrected chi connectivity index (χ1v) is 9.01. The second kappa shape index (κ2) is 7.39. The van der Waals surface area contributed by atoms with E-state index < -0.39 is 4.92 Å². The van der Waals surface area contributed by atoms with Gasteiger partial charge in [-0.3, -0.25) is 14.9 Å². The molecule has 0 radical (unpaired) electrons. The van der Waals surface area contributed by atoms with E-state index in [1.54, 1.807) is 12.1 Å². The third-order valence-corrected chi connectivity index (χ3v) is 5.37. The molecule has 0 saturated carbocycles. The van der Waals surface area contributed by atoms with Crippen LogP contribution in [0.5, 0.6) is 0 Å². The molecule has 136 valence electrons. The van der Waals surface area contributed by atoms with E-state index in [0.29, 0.717) is 17.8 Å². The summed E-state index contributed by atoms with van der Waals surface area (Å²) in [6.07, 6.45) is 4.13. The maximum Gasteiger partial charge on any atom is 0.293 e. The number of nitro benzene ring substituents is 1. The maximum absolute atomic E-state index is 12.5. The average molecular weight is 346 g/mol. The van der Waals surface area contributed by atoms with Crippen molar-refractivity contribution >= 4 is 17.3 Å². The first kappa shape index (κ1) is 17.7. The first-order chi connectivity index (χ1) is 12.0. The summed E-state index contributed by atoms with van der Waals surface area (Å²) in [4.78, 5) is 25.6. The van der Waals surface area contributed by atoms with Crippen molar-refractivity contribution < 1.29 is 9.72 Å². The number of carbonyl (C=O) groups is 1. The molecule has 2 aliphatic rings. The number of nitrogens with one attached hydrogen (secondary N) is 2. The van der Waals surface area contributed by atoms with Gasteiger partial charge in [-0.2, -0.15) is 0 Å². The zero-order chi connectivity index (χ0) is 17.9. The van der Waals surface area contributed by atoms with Crippen LogP contribution in [0, 0.1) is 15.5 Å². The van der Waals surface area contributed by atoms with Crippen molar-refractivity contribution in [2.75, 3.05) is 37.6 Å².